The molecule has 1 fully saturated rings. The topological polar surface area (TPSA) is 45.5 Å². The van der Waals surface area contributed by atoms with Crippen molar-refractivity contribution in [2.24, 2.45) is 0 Å². The molecule has 1 N–H and O–H groups in total. The van der Waals surface area contributed by atoms with Crippen LogP contribution < -0.4 is 5.32 Å². The van der Waals surface area contributed by atoms with Crippen LogP contribution in [0.15, 0.2) is 18.5 Å². The van der Waals surface area contributed by atoms with Gasteiger partial charge in [-0.3, -0.25) is 0 Å². The van der Waals surface area contributed by atoms with E-state index in [1.165, 1.54) is 25.9 Å². The number of hydrogen-bond donors (Lipinski definition) is 1. The largest absolute Gasteiger partial charge is 0.367 e. The van der Waals surface area contributed by atoms with Gasteiger partial charge in [-0.2, -0.15) is 5.10 Å². The molecule has 1 aliphatic rings. The molecule has 114 valence electrons. The molecular weight excluding hydrogens is 262 g/mol. The number of fused-ring (bicyclic) bond motifs is 1. The Kier molecular flexibility index (Phi) is 3.85. The third kappa shape index (κ3) is 3.18. The molecule has 0 saturated carbocycles. The number of likely N-dealkylation sites (tertiary alicyclic amines) is 1. The molecule has 3 rings (SSSR count). The van der Waals surface area contributed by atoms with Gasteiger partial charge in [-0.15, -0.1) is 0 Å². The molecule has 1 aliphatic heterocycles. The first kappa shape index (κ1) is 14.3. The summed E-state index contributed by atoms with van der Waals surface area (Å²) < 4.78 is 1.92. The van der Waals surface area contributed by atoms with Crippen molar-refractivity contribution in [2.75, 3.05) is 31.5 Å². The van der Waals surface area contributed by atoms with E-state index in [1.807, 2.05) is 16.9 Å². The molecule has 0 atom stereocenters. The fourth-order valence-electron chi connectivity index (χ4n) is 2.76. The van der Waals surface area contributed by atoms with Gasteiger partial charge in [-0.25, -0.2) is 9.50 Å². The predicted octanol–water partition coefficient (Wildman–Crippen LogP) is 2.53. The lowest BCUT2D eigenvalue weighted by atomic mass is 9.92. The van der Waals surface area contributed by atoms with Crippen molar-refractivity contribution in [3.63, 3.8) is 0 Å². The average Bonchev–Trinajstić information content (AvgIpc) is 3.06. The van der Waals surface area contributed by atoms with Crippen molar-refractivity contribution in [1.82, 2.24) is 19.5 Å². The fourth-order valence-corrected chi connectivity index (χ4v) is 2.76. The van der Waals surface area contributed by atoms with E-state index in [-0.39, 0.29) is 5.41 Å². The van der Waals surface area contributed by atoms with Gasteiger partial charge in [0.05, 0.1) is 5.69 Å². The molecule has 2 aromatic heterocycles. The maximum absolute atomic E-state index is 4.66. The molecule has 0 aliphatic carbocycles. The summed E-state index contributed by atoms with van der Waals surface area (Å²) in [6.45, 7) is 11.0. The molecule has 2 aromatic rings. The van der Waals surface area contributed by atoms with Crippen LogP contribution in [0, 0.1) is 0 Å². The van der Waals surface area contributed by atoms with Gasteiger partial charge in [0, 0.05) is 30.9 Å². The van der Waals surface area contributed by atoms with Crippen LogP contribution in [-0.2, 0) is 5.41 Å². The van der Waals surface area contributed by atoms with Crippen LogP contribution >= 0.6 is 0 Å². The van der Waals surface area contributed by atoms with E-state index >= 15 is 0 Å². The standard InChI is InChI=1S/C16H25N5/c1-16(2,3)14-12-13-15(18-7-11-21(13)19-14)17-6-10-20-8-4-5-9-20/h7,11-12H,4-6,8-10H2,1-3H3,(H,17,18). The van der Waals surface area contributed by atoms with Crippen molar-refractivity contribution < 1.29 is 0 Å². The molecule has 5 heteroatoms. The van der Waals surface area contributed by atoms with Gasteiger partial charge in [0.25, 0.3) is 0 Å². The molecule has 0 aromatic carbocycles. The second-order valence-corrected chi connectivity index (χ2v) is 6.86. The highest BCUT2D eigenvalue weighted by Gasteiger charge is 2.19. The SMILES string of the molecule is CC(C)(C)c1cc2c(NCCN3CCCC3)nccn2n1. The van der Waals surface area contributed by atoms with Gasteiger partial charge < -0.3 is 10.2 Å². The summed E-state index contributed by atoms with van der Waals surface area (Å²) in [5, 5.41) is 8.12. The second-order valence-electron chi connectivity index (χ2n) is 6.86. The zero-order valence-corrected chi connectivity index (χ0v) is 13.3. The van der Waals surface area contributed by atoms with Crippen LogP contribution in [0.5, 0.6) is 0 Å². The maximum atomic E-state index is 4.66. The predicted molar refractivity (Wildman–Crippen MR) is 85.9 cm³/mol. The Morgan fingerprint density at radius 1 is 1.24 bits per heavy atom. The second kappa shape index (κ2) is 5.64. The van der Waals surface area contributed by atoms with Crippen LogP contribution in [-0.4, -0.2) is 45.7 Å². The molecular formula is C16H25N5. The third-order valence-corrected chi connectivity index (χ3v) is 4.08. The van der Waals surface area contributed by atoms with Crippen LogP contribution in [0.2, 0.25) is 0 Å². The van der Waals surface area contributed by atoms with E-state index in [1.54, 1.807) is 0 Å². The lowest BCUT2D eigenvalue weighted by molar-refractivity contribution is 0.352. The summed E-state index contributed by atoms with van der Waals surface area (Å²) in [6.07, 6.45) is 6.40. The monoisotopic (exact) mass is 287 g/mol. The highest BCUT2D eigenvalue weighted by molar-refractivity contribution is 5.68. The number of nitrogens with one attached hydrogen (secondary N) is 1. The van der Waals surface area contributed by atoms with Gasteiger partial charge >= 0.3 is 0 Å². The highest BCUT2D eigenvalue weighted by atomic mass is 15.2. The van der Waals surface area contributed by atoms with Gasteiger partial charge in [0.1, 0.15) is 5.52 Å². The molecule has 5 nitrogen and oxygen atoms in total. The van der Waals surface area contributed by atoms with Crippen molar-refractivity contribution in [3.8, 4) is 0 Å². The summed E-state index contributed by atoms with van der Waals surface area (Å²) in [7, 11) is 0. The summed E-state index contributed by atoms with van der Waals surface area (Å²) in [4.78, 5) is 6.98. The van der Waals surface area contributed by atoms with Crippen LogP contribution in [0.1, 0.15) is 39.3 Å². The Hall–Kier alpha value is -1.62. The molecule has 0 bridgehead atoms. The zero-order chi connectivity index (χ0) is 14.9. The molecule has 0 unspecified atom stereocenters. The molecule has 0 amide bonds. The summed E-state index contributed by atoms with van der Waals surface area (Å²) in [6, 6.07) is 2.14. The van der Waals surface area contributed by atoms with Crippen LogP contribution in [0.4, 0.5) is 5.82 Å². The minimum Gasteiger partial charge on any atom is -0.367 e. The number of rotatable bonds is 4. The maximum Gasteiger partial charge on any atom is 0.152 e. The van der Waals surface area contributed by atoms with E-state index in [0.29, 0.717) is 0 Å². The first-order valence-electron chi connectivity index (χ1n) is 7.85. The number of aromatic nitrogens is 3. The minimum absolute atomic E-state index is 0.0544. The Balaban J connectivity index is 1.73. The van der Waals surface area contributed by atoms with Crippen LogP contribution in [0.25, 0.3) is 5.52 Å². The van der Waals surface area contributed by atoms with Gasteiger partial charge in [-0.05, 0) is 32.0 Å². The fraction of sp³-hybridized carbons (Fsp3) is 0.625. The van der Waals surface area contributed by atoms with E-state index in [9.17, 15) is 0 Å². The smallest absolute Gasteiger partial charge is 0.152 e. The molecule has 3 heterocycles. The normalized spacial score (nSPS) is 16.7. The van der Waals surface area contributed by atoms with Crippen molar-refractivity contribution in [2.45, 2.75) is 39.0 Å². The number of anilines is 1. The Bertz CT molecular complexity index is 605. The van der Waals surface area contributed by atoms with Crippen molar-refractivity contribution in [3.05, 3.63) is 24.2 Å². The molecule has 21 heavy (non-hydrogen) atoms. The lowest BCUT2D eigenvalue weighted by Gasteiger charge is -2.15. The number of nitrogens with zero attached hydrogens (tertiary/aromatic N) is 4. The zero-order valence-electron chi connectivity index (χ0n) is 13.3. The Morgan fingerprint density at radius 3 is 2.71 bits per heavy atom. The lowest BCUT2D eigenvalue weighted by Crippen LogP contribution is -2.26. The Labute approximate surface area is 126 Å². The summed E-state index contributed by atoms with van der Waals surface area (Å²) in [5.74, 6) is 0.930. The first-order chi connectivity index (χ1) is 10.0. The van der Waals surface area contributed by atoms with E-state index in [0.717, 1.165) is 30.1 Å². The van der Waals surface area contributed by atoms with Gasteiger partial charge in [0.15, 0.2) is 5.82 Å². The molecule has 0 radical (unpaired) electrons. The highest BCUT2D eigenvalue weighted by Crippen LogP contribution is 2.24. The first-order valence-corrected chi connectivity index (χ1v) is 7.85. The van der Waals surface area contributed by atoms with E-state index in [2.05, 4.69) is 47.1 Å². The van der Waals surface area contributed by atoms with Gasteiger partial charge in [0.2, 0.25) is 0 Å². The van der Waals surface area contributed by atoms with E-state index in [4.69, 9.17) is 0 Å². The van der Waals surface area contributed by atoms with E-state index < -0.39 is 0 Å². The summed E-state index contributed by atoms with van der Waals surface area (Å²) >= 11 is 0. The Morgan fingerprint density at radius 2 is 2.00 bits per heavy atom. The van der Waals surface area contributed by atoms with Crippen molar-refractivity contribution in [1.29, 1.82) is 0 Å². The summed E-state index contributed by atoms with van der Waals surface area (Å²) in [5.41, 5.74) is 2.21. The van der Waals surface area contributed by atoms with Crippen LogP contribution in [0.3, 0.4) is 0 Å². The molecule has 1 saturated heterocycles. The third-order valence-electron chi connectivity index (χ3n) is 4.08. The minimum atomic E-state index is 0.0544. The average molecular weight is 287 g/mol. The van der Waals surface area contributed by atoms with Crippen molar-refractivity contribution >= 4 is 11.3 Å². The number of hydrogen-bond acceptors (Lipinski definition) is 4. The molecule has 0 spiro atoms. The quantitative estimate of drug-likeness (QED) is 0.938. The van der Waals surface area contributed by atoms with Gasteiger partial charge in [-0.1, -0.05) is 20.8 Å².